The van der Waals surface area contributed by atoms with Crippen LogP contribution in [0.15, 0.2) is 60.2 Å². The Bertz CT molecular complexity index is 849. The molecule has 2 aromatic heterocycles. The van der Waals surface area contributed by atoms with Crippen LogP contribution < -0.4 is 0 Å². The number of aromatic nitrogens is 2. The van der Waals surface area contributed by atoms with Crippen molar-refractivity contribution in [3.8, 4) is 5.13 Å². The van der Waals surface area contributed by atoms with E-state index in [0.717, 1.165) is 50.7 Å². The first-order valence-electron chi connectivity index (χ1n) is 10.5. The minimum Gasteiger partial charge on any atom is -0.396 e. The van der Waals surface area contributed by atoms with Crippen molar-refractivity contribution in [2.24, 2.45) is 0 Å². The van der Waals surface area contributed by atoms with Gasteiger partial charge in [0.05, 0.1) is 0 Å². The molecule has 5 nitrogen and oxygen atoms in total. The van der Waals surface area contributed by atoms with Gasteiger partial charge < -0.3 is 5.11 Å². The number of thiazole rings is 1. The number of aliphatic hydroxyl groups excluding tert-OH is 1. The van der Waals surface area contributed by atoms with Crippen molar-refractivity contribution >= 4 is 11.3 Å². The van der Waals surface area contributed by atoms with Crippen molar-refractivity contribution in [1.29, 1.82) is 0 Å². The normalized spacial score (nSPS) is 18.3. The lowest BCUT2D eigenvalue weighted by molar-refractivity contribution is 0.0539. The lowest BCUT2D eigenvalue weighted by Crippen LogP contribution is -2.53. The second-order valence-corrected chi connectivity index (χ2v) is 8.58. The van der Waals surface area contributed by atoms with Gasteiger partial charge in [-0.1, -0.05) is 30.3 Å². The molecule has 1 aliphatic heterocycles. The maximum Gasteiger partial charge on any atom is 0.193 e. The molecule has 0 radical (unpaired) electrons. The fourth-order valence-corrected chi connectivity index (χ4v) is 4.90. The van der Waals surface area contributed by atoms with Gasteiger partial charge in [-0.25, -0.2) is 4.98 Å². The first kappa shape index (κ1) is 20.3. The Kier molecular flexibility index (Phi) is 7.11. The molecule has 1 fully saturated rings. The van der Waals surface area contributed by atoms with Gasteiger partial charge in [-0.15, -0.1) is 11.3 Å². The van der Waals surface area contributed by atoms with Crippen LogP contribution in [0.1, 0.15) is 24.1 Å². The number of hydrogen-bond donors (Lipinski definition) is 1. The minimum absolute atomic E-state index is 0.253. The summed E-state index contributed by atoms with van der Waals surface area (Å²) in [5.41, 5.74) is 2.69. The number of aryl methyl sites for hydroxylation is 1. The molecule has 0 aliphatic carbocycles. The molecule has 0 amide bonds. The van der Waals surface area contributed by atoms with Crippen molar-refractivity contribution in [1.82, 2.24) is 19.4 Å². The van der Waals surface area contributed by atoms with Gasteiger partial charge >= 0.3 is 0 Å². The lowest BCUT2D eigenvalue weighted by atomic mass is 10.1. The quantitative estimate of drug-likeness (QED) is 0.587. The van der Waals surface area contributed by atoms with E-state index in [1.807, 2.05) is 11.6 Å². The average Bonchev–Trinajstić information content (AvgIpc) is 3.42. The van der Waals surface area contributed by atoms with E-state index in [2.05, 4.69) is 68.0 Å². The fourth-order valence-electron chi connectivity index (χ4n) is 4.24. The van der Waals surface area contributed by atoms with E-state index in [4.69, 9.17) is 0 Å². The third-order valence-corrected chi connectivity index (χ3v) is 6.52. The molecule has 1 aliphatic rings. The molecule has 0 unspecified atom stereocenters. The smallest absolute Gasteiger partial charge is 0.193 e. The molecule has 4 rings (SSSR count). The van der Waals surface area contributed by atoms with E-state index in [9.17, 15) is 5.11 Å². The van der Waals surface area contributed by atoms with E-state index >= 15 is 0 Å². The summed E-state index contributed by atoms with van der Waals surface area (Å²) in [7, 11) is 0. The maximum atomic E-state index is 9.60. The summed E-state index contributed by atoms with van der Waals surface area (Å²) < 4.78 is 2.19. The predicted molar refractivity (Wildman–Crippen MR) is 119 cm³/mol. The number of piperazine rings is 1. The van der Waals surface area contributed by atoms with E-state index in [1.54, 1.807) is 11.3 Å². The first-order chi connectivity index (χ1) is 14.3. The molecule has 1 saturated heterocycles. The van der Waals surface area contributed by atoms with Crippen LogP contribution in [0.3, 0.4) is 0 Å². The first-order valence-corrected chi connectivity index (χ1v) is 11.4. The van der Waals surface area contributed by atoms with Gasteiger partial charge in [0, 0.05) is 62.3 Å². The monoisotopic (exact) mass is 410 g/mol. The number of benzene rings is 1. The Morgan fingerprint density at radius 2 is 2.00 bits per heavy atom. The molecule has 1 atom stereocenters. The summed E-state index contributed by atoms with van der Waals surface area (Å²) in [6.07, 6.45) is 7.08. The van der Waals surface area contributed by atoms with Gasteiger partial charge in [-0.3, -0.25) is 14.4 Å². The highest BCUT2D eigenvalue weighted by Gasteiger charge is 2.26. The van der Waals surface area contributed by atoms with Crippen LogP contribution in [0.2, 0.25) is 0 Å². The maximum absolute atomic E-state index is 9.60. The van der Waals surface area contributed by atoms with Crippen LogP contribution in [0.25, 0.3) is 5.13 Å². The summed E-state index contributed by atoms with van der Waals surface area (Å²) in [5.74, 6) is 0. The second kappa shape index (κ2) is 10.2. The molecule has 6 heteroatoms. The van der Waals surface area contributed by atoms with Gasteiger partial charge in [-0.05, 0) is 43.5 Å². The molecule has 29 heavy (non-hydrogen) atoms. The highest BCUT2D eigenvalue weighted by atomic mass is 32.1. The molecule has 3 heterocycles. The molecule has 1 aromatic carbocycles. The summed E-state index contributed by atoms with van der Waals surface area (Å²) in [4.78, 5) is 9.55. The third kappa shape index (κ3) is 5.34. The third-order valence-electron chi connectivity index (χ3n) is 5.75. The Hall–Kier alpha value is -1.99. The molecule has 154 valence electrons. The topological polar surface area (TPSA) is 44.5 Å². The van der Waals surface area contributed by atoms with E-state index in [-0.39, 0.29) is 6.61 Å². The zero-order chi connectivity index (χ0) is 19.9. The summed E-state index contributed by atoms with van der Waals surface area (Å²) in [6, 6.07) is 15.4. The summed E-state index contributed by atoms with van der Waals surface area (Å²) in [5, 5.41) is 12.6. The zero-order valence-electron chi connectivity index (χ0n) is 16.9. The molecular formula is C23H30N4OS. The van der Waals surface area contributed by atoms with Crippen LogP contribution >= 0.6 is 11.3 Å². The van der Waals surface area contributed by atoms with Crippen molar-refractivity contribution in [3.63, 3.8) is 0 Å². The fraction of sp³-hybridized carbons (Fsp3) is 0.435. The Labute approximate surface area is 177 Å². The second-order valence-electron chi connectivity index (χ2n) is 7.71. The molecule has 1 N–H and O–H groups in total. The van der Waals surface area contributed by atoms with E-state index in [1.165, 1.54) is 17.7 Å². The van der Waals surface area contributed by atoms with Crippen molar-refractivity contribution in [2.45, 2.75) is 31.8 Å². The number of rotatable bonds is 9. The van der Waals surface area contributed by atoms with Crippen molar-refractivity contribution in [3.05, 3.63) is 71.5 Å². The van der Waals surface area contributed by atoms with Crippen LogP contribution in [-0.2, 0) is 13.0 Å². The van der Waals surface area contributed by atoms with Gasteiger partial charge in [0.15, 0.2) is 5.13 Å². The SMILES string of the molecule is OCC[C@H]1CN(Cc2cccn2-c2nccs2)CCN1CCCc1ccccc1. The highest BCUT2D eigenvalue weighted by molar-refractivity contribution is 7.12. The Morgan fingerprint density at radius 3 is 2.79 bits per heavy atom. The van der Waals surface area contributed by atoms with Crippen LogP contribution in [0, 0.1) is 0 Å². The molecule has 0 bridgehead atoms. The average molecular weight is 411 g/mol. The Morgan fingerprint density at radius 1 is 1.10 bits per heavy atom. The van der Waals surface area contributed by atoms with Crippen LogP contribution in [0.4, 0.5) is 0 Å². The predicted octanol–water partition coefficient (Wildman–Crippen LogP) is 3.44. The van der Waals surface area contributed by atoms with Gasteiger partial charge in [-0.2, -0.15) is 0 Å². The Balaban J connectivity index is 1.33. The van der Waals surface area contributed by atoms with Gasteiger partial charge in [0.25, 0.3) is 0 Å². The van der Waals surface area contributed by atoms with Crippen LogP contribution in [-0.4, -0.2) is 63.3 Å². The molecule has 3 aromatic rings. The van der Waals surface area contributed by atoms with Crippen molar-refractivity contribution < 1.29 is 5.11 Å². The van der Waals surface area contributed by atoms with Crippen molar-refractivity contribution in [2.75, 3.05) is 32.8 Å². The highest BCUT2D eigenvalue weighted by Crippen LogP contribution is 2.20. The largest absolute Gasteiger partial charge is 0.396 e. The zero-order valence-corrected chi connectivity index (χ0v) is 17.7. The summed E-state index contributed by atoms with van der Waals surface area (Å²) >= 11 is 1.67. The number of nitrogens with zero attached hydrogens (tertiary/aromatic N) is 4. The number of hydrogen-bond acceptors (Lipinski definition) is 5. The van der Waals surface area contributed by atoms with Gasteiger partial charge in [0.1, 0.15) is 0 Å². The van der Waals surface area contributed by atoms with Gasteiger partial charge in [0.2, 0.25) is 0 Å². The van der Waals surface area contributed by atoms with E-state index < -0.39 is 0 Å². The number of aliphatic hydroxyl groups is 1. The summed E-state index contributed by atoms with van der Waals surface area (Å²) in [6.45, 7) is 5.42. The lowest BCUT2D eigenvalue weighted by Gasteiger charge is -2.41. The van der Waals surface area contributed by atoms with E-state index in [0.29, 0.717) is 6.04 Å². The van der Waals surface area contributed by atoms with Crippen LogP contribution in [0.5, 0.6) is 0 Å². The minimum atomic E-state index is 0.253. The standard InChI is InChI=1S/C23H30N4OS/c28-16-10-21-18-25(19-22-9-5-13-27(22)23-24-11-17-29-23)14-15-26(21)12-4-8-20-6-2-1-3-7-20/h1-3,5-7,9,11,13,17,21,28H,4,8,10,12,14-16,18-19H2/t21-/m0/s1. The molecule has 0 spiro atoms. The molecular weight excluding hydrogens is 380 g/mol. The molecule has 0 saturated carbocycles.